The first-order chi connectivity index (χ1) is 18.2. The Morgan fingerprint density at radius 1 is 1.08 bits per heavy atom. The first-order valence-electron chi connectivity index (χ1n) is 12.9. The second-order valence-electron chi connectivity index (χ2n) is 10.2. The van der Waals surface area contributed by atoms with Crippen LogP contribution in [0.5, 0.6) is 0 Å². The van der Waals surface area contributed by atoms with E-state index in [1.165, 1.54) is 6.26 Å². The summed E-state index contributed by atoms with van der Waals surface area (Å²) < 4.78 is 11.2. The Hall–Kier alpha value is -4.13. The van der Waals surface area contributed by atoms with Crippen LogP contribution in [0.3, 0.4) is 0 Å². The van der Waals surface area contributed by atoms with Crippen LogP contribution in [0.4, 0.5) is 5.69 Å². The summed E-state index contributed by atoms with van der Waals surface area (Å²) in [5.74, 6) is -1.52. The number of rotatable bonds is 5. The lowest BCUT2D eigenvalue weighted by Crippen LogP contribution is -2.37. The van der Waals surface area contributed by atoms with Gasteiger partial charge in [0.1, 0.15) is 5.58 Å². The van der Waals surface area contributed by atoms with E-state index in [0.717, 1.165) is 22.5 Å². The third kappa shape index (κ3) is 4.42. The number of ether oxygens (including phenoxy) is 1. The number of carbonyl (C=O) groups excluding carboxylic acids is 2. The van der Waals surface area contributed by atoms with Crippen LogP contribution in [0.2, 0.25) is 0 Å². The average Bonchev–Trinajstić information content (AvgIpc) is 2.88. The third-order valence-electron chi connectivity index (χ3n) is 7.47. The molecular weight excluding hydrogens is 480 g/mol. The van der Waals surface area contributed by atoms with Crippen molar-refractivity contribution in [3.63, 3.8) is 0 Å². The highest BCUT2D eigenvalue weighted by atomic mass is 16.5. The number of Topliss-reactive ketones (excluding diaryl/α,β-unsaturated/α-hetero) is 1. The van der Waals surface area contributed by atoms with Crippen LogP contribution < -0.4 is 15.6 Å². The van der Waals surface area contributed by atoms with Gasteiger partial charge in [0.15, 0.2) is 11.2 Å². The molecule has 1 N–H and O–H groups in total. The summed E-state index contributed by atoms with van der Waals surface area (Å²) >= 11 is 0. The zero-order chi connectivity index (χ0) is 27.1. The third-order valence-corrected chi connectivity index (χ3v) is 7.47. The SMILES string of the molecule is CCOC(=O)C1=C(C)NC2=C(C(=O)C[C@@H](c3ccc(N(C)C)cc3)C2)[C@@H]1c1coc2ccc(C)cc2c1=O. The zero-order valence-corrected chi connectivity index (χ0v) is 22.4. The minimum Gasteiger partial charge on any atom is -0.464 e. The number of nitrogens with zero attached hydrogens (tertiary/aromatic N) is 1. The zero-order valence-electron chi connectivity index (χ0n) is 22.4. The van der Waals surface area contributed by atoms with Gasteiger partial charge in [0.05, 0.1) is 29.7 Å². The number of dihydropyridines is 1. The number of carbonyl (C=O) groups is 2. The largest absolute Gasteiger partial charge is 0.464 e. The molecule has 0 saturated heterocycles. The van der Waals surface area contributed by atoms with Gasteiger partial charge in [-0.2, -0.15) is 0 Å². The van der Waals surface area contributed by atoms with Crippen molar-refractivity contribution in [2.75, 3.05) is 25.6 Å². The smallest absolute Gasteiger partial charge is 0.336 e. The first kappa shape index (κ1) is 25.5. The lowest BCUT2D eigenvalue weighted by Gasteiger charge is -2.36. The molecule has 0 spiro atoms. The van der Waals surface area contributed by atoms with Gasteiger partial charge in [0.2, 0.25) is 0 Å². The fraction of sp³-hybridized carbons (Fsp3) is 0.323. The lowest BCUT2D eigenvalue weighted by molar-refractivity contribution is -0.138. The van der Waals surface area contributed by atoms with Crippen LogP contribution in [-0.2, 0) is 14.3 Å². The Morgan fingerprint density at radius 3 is 2.50 bits per heavy atom. The molecule has 2 aromatic carbocycles. The van der Waals surface area contributed by atoms with Crippen LogP contribution in [0, 0.1) is 6.92 Å². The van der Waals surface area contributed by atoms with E-state index < -0.39 is 11.9 Å². The number of hydrogen-bond acceptors (Lipinski definition) is 7. The molecule has 2 aliphatic rings. The van der Waals surface area contributed by atoms with Crippen LogP contribution >= 0.6 is 0 Å². The molecule has 196 valence electrons. The molecular formula is C31H32N2O5. The van der Waals surface area contributed by atoms with E-state index in [4.69, 9.17) is 9.15 Å². The van der Waals surface area contributed by atoms with Gasteiger partial charge in [-0.15, -0.1) is 0 Å². The highest BCUT2D eigenvalue weighted by Gasteiger charge is 2.42. The minimum absolute atomic E-state index is 0.0155. The van der Waals surface area contributed by atoms with Crippen molar-refractivity contribution in [2.45, 2.75) is 45.4 Å². The summed E-state index contributed by atoms with van der Waals surface area (Å²) in [4.78, 5) is 42.8. The molecule has 2 atom stereocenters. The molecule has 7 nitrogen and oxygen atoms in total. The molecule has 38 heavy (non-hydrogen) atoms. The van der Waals surface area contributed by atoms with Crippen LogP contribution in [0.25, 0.3) is 11.0 Å². The Kier molecular flexibility index (Phi) is 6.69. The van der Waals surface area contributed by atoms with Crippen LogP contribution in [0.1, 0.15) is 55.2 Å². The quantitative estimate of drug-likeness (QED) is 0.476. The van der Waals surface area contributed by atoms with Gasteiger partial charge in [-0.05, 0) is 62.9 Å². The van der Waals surface area contributed by atoms with Crippen molar-refractivity contribution in [1.82, 2.24) is 5.32 Å². The molecule has 0 amide bonds. The Bertz CT molecular complexity index is 1560. The van der Waals surface area contributed by atoms with Gasteiger partial charge < -0.3 is 19.4 Å². The normalized spacial score (nSPS) is 19.3. The Balaban J connectivity index is 1.63. The molecule has 0 radical (unpaired) electrons. The van der Waals surface area contributed by atoms with Gasteiger partial charge >= 0.3 is 5.97 Å². The fourth-order valence-corrected chi connectivity index (χ4v) is 5.57. The monoisotopic (exact) mass is 512 g/mol. The van der Waals surface area contributed by atoms with E-state index in [9.17, 15) is 14.4 Å². The molecule has 5 rings (SSSR count). The topological polar surface area (TPSA) is 88.8 Å². The predicted molar refractivity (Wildman–Crippen MR) is 147 cm³/mol. The number of nitrogens with one attached hydrogen (secondary N) is 1. The van der Waals surface area contributed by atoms with Crippen molar-refractivity contribution in [2.24, 2.45) is 0 Å². The summed E-state index contributed by atoms with van der Waals surface area (Å²) in [5.41, 5.74) is 5.58. The summed E-state index contributed by atoms with van der Waals surface area (Å²) in [6, 6.07) is 13.6. The van der Waals surface area contributed by atoms with Crippen molar-refractivity contribution >= 4 is 28.4 Å². The molecule has 0 saturated carbocycles. The Morgan fingerprint density at radius 2 is 1.82 bits per heavy atom. The number of anilines is 1. The summed E-state index contributed by atoms with van der Waals surface area (Å²) in [5, 5.41) is 3.75. The molecule has 2 heterocycles. The highest BCUT2D eigenvalue weighted by molar-refractivity contribution is 6.04. The van der Waals surface area contributed by atoms with Gasteiger partial charge in [0, 0.05) is 48.7 Å². The molecule has 0 fully saturated rings. The van der Waals surface area contributed by atoms with E-state index in [0.29, 0.717) is 28.7 Å². The maximum Gasteiger partial charge on any atom is 0.336 e. The molecule has 1 aromatic heterocycles. The van der Waals surface area contributed by atoms with E-state index in [1.54, 1.807) is 26.0 Å². The van der Waals surface area contributed by atoms with Gasteiger partial charge in [-0.3, -0.25) is 9.59 Å². The summed E-state index contributed by atoms with van der Waals surface area (Å²) in [6.07, 6.45) is 2.27. The average molecular weight is 513 g/mol. The molecule has 7 heteroatoms. The van der Waals surface area contributed by atoms with E-state index in [-0.39, 0.29) is 41.3 Å². The van der Waals surface area contributed by atoms with Crippen molar-refractivity contribution in [3.8, 4) is 0 Å². The van der Waals surface area contributed by atoms with E-state index in [2.05, 4.69) is 17.4 Å². The highest BCUT2D eigenvalue weighted by Crippen LogP contribution is 2.45. The van der Waals surface area contributed by atoms with Crippen molar-refractivity contribution < 1.29 is 18.7 Å². The summed E-state index contributed by atoms with van der Waals surface area (Å²) in [6.45, 7) is 5.60. The number of hydrogen-bond donors (Lipinski definition) is 1. The maximum absolute atomic E-state index is 13.8. The first-order valence-corrected chi connectivity index (χ1v) is 12.9. The molecule has 0 bridgehead atoms. The number of benzene rings is 2. The number of ketones is 1. The predicted octanol–water partition coefficient (Wildman–Crippen LogP) is 5.09. The second kappa shape index (κ2) is 9.97. The number of allylic oxidation sites excluding steroid dienone is 3. The molecule has 1 aliphatic carbocycles. The number of fused-ring (bicyclic) bond motifs is 1. The number of esters is 1. The Labute approximate surface area is 221 Å². The number of aryl methyl sites for hydroxylation is 1. The standard InChI is InChI=1S/C31H32N2O5/c1-6-37-31(36)27-18(3)32-24-14-20(19-8-10-21(11-9-19)33(4)5)15-25(34)29(24)28(27)23-16-38-26-12-7-17(2)13-22(26)30(23)35/h7-13,16,20,28,32H,6,14-15H2,1-5H3/t20-,28+/m0/s1. The van der Waals surface area contributed by atoms with Crippen LogP contribution in [-0.4, -0.2) is 32.5 Å². The molecule has 1 aliphatic heterocycles. The lowest BCUT2D eigenvalue weighted by atomic mass is 9.72. The summed E-state index contributed by atoms with van der Waals surface area (Å²) in [7, 11) is 3.98. The van der Waals surface area contributed by atoms with Crippen molar-refractivity contribution in [1.29, 1.82) is 0 Å². The minimum atomic E-state index is -0.865. The van der Waals surface area contributed by atoms with Crippen LogP contribution in [0.15, 0.2) is 80.5 Å². The van der Waals surface area contributed by atoms with Gasteiger partial charge in [-0.1, -0.05) is 23.8 Å². The second-order valence-corrected chi connectivity index (χ2v) is 10.2. The fourth-order valence-electron chi connectivity index (χ4n) is 5.57. The van der Waals surface area contributed by atoms with Crippen molar-refractivity contribution in [3.05, 3.63) is 98.2 Å². The van der Waals surface area contributed by atoms with Gasteiger partial charge in [0.25, 0.3) is 0 Å². The molecule has 3 aromatic rings. The van der Waals surface area contributed by atoms with E-state index >= 15 is 0 Å². The molecule has 0 unspecified atom stereocenters. The maximum atomic E-state index is 13.8. The van der Waals surface area contributed by atoms with E-state index in [1.807, 2.05) is 44.1 Å². The van der Waals surface area contributed by atoms with Gasteiger partial charge in [-0.25, -0.2) is 4.79 Å².